The van der Waals surface area contributed by atoms with Crippen LogP contribution in [0.5, 0.6) is 0 Å². The topological polar surface area (TPSA) is 72.4 Å². The predicted molar refractivity (Wildman–Crippen MR) is 84.0 cm³/mol. The van der Waals surface area contributed by atoms with Crippen LogP contribution in [-0.2, 0) is 0 Å². The van der Waals surface area contributed by atoms with E-state index in [1.54, 1.807) is 12.1 Å². The molecule has 2 unspecified atom stereocenters. The van der Waals surface area contributed by atoms with Crippen LogP contribution in [0.4, 0.5) is 11.4 Å². The van der Waals surface area contributed by atoms with Crippen molar-refractivity contribution in [2.75, 3.05) is 18.5 Å². The van der Waals surface area contributed by atoms with E-state index in [0.717, 1.165) is 23.7 Å². The molecule has 20 heavy (non-hydrogen) atoms. The van der Waals surface area contributed by atoms with Gasteiger partial charge in [0.15, 0.2) is 0 Å². The van der Waals surface area contributed by atoms with Crippen molar-refractivity contribution in [3.63, 3.8) is 0 Å². The first-order chi connectivity index (χ1) is 9.54. The minimum absolute atomic E-state index is 0.150. The summed E-state index contributed by atoms with van der Waals surface area (Å²) in [5, 5.41) is 11.2. The van der Waals surface area contributed by atoms with Gasteiger partial charge in [-0.15, -0.1) is 0 Å². The van der Waals surface area contributed by atoms with Crippen LogP contribution < -0.4 is 10.6 Å². The average molecular weight is 342 g/mol. The van der Waals surface area contributed by atoms with Crippen molar-refractivity contribution in [2.45, 2.75) is 31.7 Å². The van der Waals surface area contributed by atoms with Gasteiger partial charge in [0.25, 0.3) is 5.69 Å². The summed E-state index contributed by atoms with van der Waals surface area (Å²) in [6.45, 7) is 0.636. The number of hydrogen-bond donors (Lipinski definition) is 1. The number of halogens is 1. The maximum Gasteiger partial charge on any atom is 0.292 e. The van der Waals surface area contributed by atoms with E-state index in [1.807, 2.05) is 18.0 Å². The molecule has 0 saturated heterocycles. The molecule has 1 fully saturated rings. The first-order valence-corrected chi connectivity index (χ1v) is 7.70. The second-order valence-corrected chi connectivity index (χ2v) is 6.26. The predicted octanol–water partition coefficient (Wildman–Crippen LogP) is 3.31. The Balaban J connectivity index is 2.33. The van der Waals surface area contributed by atoms with Gasteiger partial charge < -0.3 is 10.6 Å². The molecular formula is C14H20BrN3O2. The fourth-order valence-corrected chi connectivity index (χ4v) is 3.43. The van der Waals surface area contributed by atoms with Crippen molar-refractivity contribution >= 4 is 27.3 Å². The number of hydrogen-bond acceptors (Lipinski definition) is 4. The quantitative estimate of drug-likeness (QED) is 0.673. The lowest BCUT2D eigenvalue weighted by atomic mass is 9.83. The molecule has 1 aromatic rings. The first-order valence-electron chi connectivity index (χ1n) is 6.91. The largest absolute Gasteiger partial charge is 0.366 e. The summed E-state index contributed by atoms with van der Waals surface area (Å²) >= 11 is 3.40. The summed E-state index contributed by atoms with van der Waals surface area (Å²) in [5.41, 5.74) is 6.68. The van der Waals surface area contributed by atoms with Crippen molar-refractivity contribution in [3.05, 3.63) is 32.8 Å². The van der Waals surface area contributed by atoms with E-state index in [-0.39, 0.29) is 16.7 Å². The van der Waals surface area contributed by atoms with Crippen LogP contribution in [0.2, 0.25) is 0 Å². The molecule has 1 aliphatic carbocycles. The van der Waals surface area contributed by atoms with E-state index >= 15 is 0 Å². The maximum absolute atomic E-state index is 11.2. The summed E-state index contributed by atoms with van der Waals surface area (Å²) in [7, 11) is 1.94. The van der Waals surface area contributed by atoms with Crippen LogP contribution >= 0.6 is 15.9 Å². The molecule has 110 valence electrons. The Morgan fingerprint density at radius 1 is 1.45 bits per heavy atom. The number of nitro benzene ring substituents is 1. The molecule has 1 aliphatic rings. The van der Waals surface area contributed by atoms with Gasteiger partial charge in [-0.1, -0.05) is 28.8 Å². The van der Waals surface area contributed by atoms with Crippen molar-refractivity contribution in [1.82, 2.24) is 0 Å². The summed E-state index contributed by atoms with van der Waals surface area (Å²) in [6.07, 6.45) is 4.51. The smallest absolute Gasteiger partial charge is 0.292 e. The Morgan fingerprint density at radius 2 is 2.15 bits per heavy atom. The van der Waals surface area contributed by atoms with E-state index in [0.29, 0.717) is 18.2 Å². The van der Waals surface area contributed by atoms with Crippen LogP contribution in [0.3, 0.4) is 0 Å². The maximum atomic E-state index is 11.2. The lowest BCUT2D eigenvalue weighted by molar-refractivity contribution is -0.384. The Kier molecular flexibility index (Phi) is 4.99. The molecular weight excluding hydrogens is 322 g/mol. The summed E-state index contributed by atoms with van der Waals surface area (Å²) in [6, 6.07) is 5.36. The van der Waals surface area contributed by atoms with Gasteiger partial charge in [-0.25, -0.2) is 0 Å². The number of anilines is 1. The van der Waals surface area contributed by atoms with Crippen LogP contribution in [0.15, 0.2) is 22.7 Å². The minimum atomic E-state index is -0.321. The molecule has 6 heteroatoms. The van der Waals surface area contributed by atoms with Crippen molar-refractivity contribution in [2.24, 2.45) is 11.7 Å². The Hall–Kier alpha value is -1.14. The molecule has 0 heterocycles. The molecule has 5 nitrogen and oxygen atoms in total. The summed E-state index contributed by atoms with van der Waals surface area (Å²) in [5.74, 6) is 0.410. The van der Waals surface area contributed by atoms with E-state index in [4.69, 9.17) is 5.73 Å². The van der Waals surface area contributed by atoms with Gasteiger partial charge >= 0.3 is 0 Å². The van der Waals surface area contributed by atoms with Crippen LogP contribution in [0, 0.1) is 16.0 Å². The van der Waals surface area contributed by atoms with Crippen LogP contribution in [0.25, 0.3) is 0 Å². The third kappa shape index (κ3) is 3.12. The molecule has 2 rings (SSSR count). The van der Waals surface area contributed by atoms with E-state index in [9.17, 15) is 10.1 Å². The Morgan fingerprint density at radius 3 is 2.80 bits per heavy atom. The van der Waals surface area contributed by atoms with E-state index in [1.165, 1.54) is 6.42 Å². The molecule has 1 aromatic carbocycles. The zero-order valence-corrected chi connectivity index (χ0v) is 13.2. The molecule has 1 saturated carbocycles. The second-order valence-electron chi connectivity index (χ2n) is 5.35. The van der Waals surface area contributed by atoms with Crippen molar-refractivity contribution in [3.8, 4) is 0 Å². The fourth-order valence-electron chi connectivity index (χ4n) is 3.09. The Labute approximate surface area is 127 Å². The van der Waals surface area contributed by atoms with Gasteiger partial charge in [0.05, 0.1) is 4.92 Å². The van der Waals surface area contributed by atoms with Gasteiger partial charge in [-0.2, -0.15) is 0 Å². The van der Waals surface area contributed by atoms with Crippen LogP contribution in [-0.4, -0.2) is 24.6 Å². The van der Waals surface area contributed by atoms with Crippen molar-refractivity contribution < 1.29 is 4.92 Å². The standard InChI is InChI=1S/C14H20BrN3O2/c1-17(12-5-3-2-4-10(12)9-16)14-8-11(15)6-7-13(14)18(19)20/h6-8,10,12H,2-5,9,16H2,1H3. The third-order valence-corrected chi connectivity index (χ3v) is 4.68. The number of nitrogens with two attached hydrogens (primary N) is 1. The molecule has 2 N–H and O–H groups in total. The number of nitro groups is 1. The third-order valence-electron chi connectivity index (χ3n) is 4.18. The normalized spacial score (nSPS) is 22.6. The molecule has 0 amide bonds. The lowest BCUT2D eigenvalue weighted by Crippen LogP contribution is -2.43. The first kappa shape index (κ1) is 15.3. The van der Waals surface area contributed by atoms with Gasteiger partial charge in [-0.3, -0.25) is 10.1 Å². The van der Waals surface area contributed by atoms with Gasteiger partial charge in [0.2, 0.25) is 0 Å². The monoisotopic (exact) mass is 341 g/mol. The van der Waals surface area contributed by atoms with Crippen LogP contribution in [0.1, 0.15) is 25.7 Å². The minimum Gasteiger partial charge on any atom is -0.366 e. The molecule has 0 bridgehead atoms. The number of rotatable bonds is 4. The van der Waals surface area contributed by atoms with E-state index < -0.39 is 0 Å². The Bertz CT molecular complexity index is 495. The number of nitrogens with zero attached hydrogens (tertiary/aromatic N) is 2. The zero-order chi connectivity index (χ0) is 14.7. The molecule has 2 atom stereocenters. The molecule has 0 aromatic heterocycles. The lowest BCUT2D eigenvalue weighted by Gasteiger charge is -2.38. The average Bonchev–Trinajstić information content (AvgIpc) is 2.46. The zero-order valence-electron chi connectivity index (χ0n) is 11.6. The highest BCUT2D eigenvalue weighted by Gasteiger charge is 2.30. The fraction of sp³-hybridized carbons (Fsp3) is 0.571. The highest BCUT2D eigenvalue weighted by molar-refractivity contribution is 9.10. The van der Waals surface area contributed by atoms with Crippen molar-refractivity contribution in [1.29, 1.82) is 0 Å². The van der Waals surface area contributed by atoms with Gasteiger partial charge in [0, 0.05) is 23.6 Å². The highest BCUT2D eigenvalue weighted by atomic mass is 79.9. The van der Waals surface area contributed by atoms with E-state index in [2.05, 4.69) is 15.9 Å². The molecule has 0 aliphatic heterocycles. The van der Waals surface area contributed by atoms with Gasteiger partial charge in [0.1, 0.15) is 5.69 Å². The summed E-state index contributed by atoms with van der Waals surface area (Å²) in [4.78, 5) is 12.9. The molecule has 0 radical (unpaired) electrons. The SMILES string of the molecule is CN(c1cc(Br)ccc1[N+](=O)[O-])C1CCCCC1CN. The highest BCUT2D eigenvalue weighted by Crippen LogP contribution is 2.36. The second kappa shape index (κ2) is 6.54. The number of benzene rings is 1. The summed E-state index contributed by atoms with van der Waals surface area (Å²) < 4.78 is 0.852. The molecule has 0 spiro atoms. The van der Waals surface area contributed by atoms with Gasteiger partial charge in [-0.05, 0) is 37.4 Å².